The first kappa shape index (κ1) is 16.6. The van der Waals surface area contributed by atoms with Crippen molar-refractivity contribution in [2.24, 2.45) is 0 Å². The molecule has 0 spiro atoms. The molecule has 0 fully saturated rings. The summed E-state index contributed by atoms with van der Waals surface area (Å²) >= 11 is 0. The van der Waals surface area contributed by atoms with Crippen molar-refractivity contribution in [1.29, 1.82) is 0 Å². The van der Waals surface area contributed by atoms with Crippen LogP contribution in [0.15, 0.2) is 25.7 Å². The Morgan fingerprint density at radius 1 is 1.00 bits per heavy atom. The first-order chi connectivity index (χ1) is 4.83. The average Bonchev–Trinajstić information content (AvgIpc) is 1.93. The van der Waals surface area contributed by atoms with E-state index >= 15 is 0 Å². The van der Waals surface area contributed by atoms with Crippen LogP contribution in [0.5, 0.6) is 0 Å². The van der Waals surface area contributed by atoms with Crippen molar-refractivity contribution in [1.82, 2.24) is 0 Å². The second kappa shape index (κ2) is 23.0. The Kier molecular flexibility index (Phi) is 34.6. The summed E-state index contributed by atoms with van der Waals surface area (Å²) in [7, 11) is 0. The molecule has 0 aromatic rings. The van der Waals surface area contributed by atoms with Crippen LogP contribution in [0, 0.1) is 0 Å². The zero-order valence-electron chi connectivity index (χ0n) is 6.80. The highest BCUT2D eigenvalue weighted by Gasteiger charge is 1.56. The Hall–Kier alpha value is -0.920. The maximum absolute atomic E-state index is 4.60. The van der Waals surface area contributed by atoms with Crippen LogP contribution >= 0.6 is 0 Å². The molecular weight excluding hydrogens is 140 g/mol. The summed E-state index contributed by atoms with van der Waals surface area (Å²) in [5.74, 6) is 0. The van der Waals surface area contributed by atoms with Crippen molar-refractivity contribution in [3.05, 3.63) is 25.7 Å². The summed E-state index contributed by atoms with van der Waals surface area (Å²) < 4.78 is 9.19. The maximum atomic E-state index is 4.60. The van der Waals surface area contributed by atoms with Gasteiger partial charge in [-0.2, -0.15) is 0 Å². The average molecular weight is 160 g/mol. The minimum atomic E-state index is 0. The first-order valence-electron chi connectivity index (χ1n) is 3.28. The van der Waals surface area contributed by atoms with Gasteiger partial charge >= 0.3 is 0 Å². The normalized spacial score (nSPS) is 6.00. The van der Waals surface area contributed by atoms with Crippen LogP contribution < -0.4 is 0 Å². The van der Waals surface area contributed by atoms with Crippen molar-refractivity contribution in [3.63, 3.8) is 0 Å². The maximum Gasteiger partial charge on any atom is 0.0844 e. The molecule has 0 aromatic carbocycles. The fourth-order valence-electron chi connectivity index (χ4n) is 0.236. The smallest absolute Gasteiger partial charge is 0.0844 e. The van der Waals surface area contributed by atoms with Crippen molar-refractivity contribution in [3.8, 4) is 0 Å². The molecule has 0 rings (SSSR count). The third-order valence-electron chi connectivity index (χ3n) is 0.569. The molecule has 0 N–H and O–H groups in total. The second-order valence-electron chi connectivity index (χ2n) is 1.24. The molecule has 0 atom stereocenters. The van der Waals surface area contributed by atoms with Crippen LogP contribution in [-0.2, 0) is 9.47 Å². The van der Waals surface area contributed by atoms with Crippen LogP contribution in [0.4, 0.5) is 0 Å². The van der Waals surface area contributed by atoms with Gasteiger partial charge in [0.05, 0.1) is 25.7 Å². The van der Waals surface area contributed by atoms with Gasteiger partial charge in [0.2, 0.25) is 0 Å². The largest absolute Gasteiger partial charge is 0.502 e. The molecule has 68 valence electrons. The van der Waals surface area contributed by atoms with Crippen LogP contribution in [0.1, 0.15) is 21.3 Å². The van der Waals surface area contributed by atoms with Crippen LogP contribution in [0.2, 0.25) is 0 Å². The third kappa shape index (κ3) is 48.0. The summed E-state index contributed by atoms with van der Waals surface area (Å²) in [4.78, 5) is 0. The third-order valence-corrected chi connectivity index (χ3v) is 0.569. The summed E-state index contributed by atoms with van der Waals surface area (Å²) in [6, 6.07) is 0. The number of hydrogen-bond donors (Lipinski definition) is 0. The van der Waals surface area contributed by atoms with Crippen molar-refractivity contribution >= 4 is 0 Å². The molecule has 0 aromatic heterocycles. The SMILES string of the molecule is C.C=COCC.C=COCC. The Bertz CT molecular complexity index is 60.0. The van der Waals surface area contributed by atoms with E-state index in [1.807, 2.05) is 13.8 Å². The predicted molar refractivity (Wildman–Crippen MR) is 50.4 cm³/mol. The van der Waals surface area contributed by atoms with Gasteiger partial charge in [-0.15, -0.1) is 0 Å². The van der Waals surface area contributed by atoms with E-state index in [1.54, 1.807) is 0 Å². The topological polar surface area (TPSA) is 18.5 Å². The van der Waals surface area contributed by atoms with E-state index in [1.165, 1.54) is 12.5 Å². The van der Waals surface area contributed by atoms with E-state index in [2.05, 4.69) is 22.6 Å². The minimum absolute atomic E-state index is 0. The molecule has 0 unspecified atom stereocenters. The fourth-order valence-corrected chi connectivity index (χ4v) is 0.236. The van der Waals surface area contributed by atoms with Crippen LogP contribution in [0.25, 0.3) is 0 Å². The van der Waals surface area contributed by atoms with Gasteiger partial charge in [-0.3, -0.25) is 0 Å². The lowest BCUT2D eigenvalue weighted by atomic mass is 10.9. The van der Waals surface area contributed by atoms with Crippen LogP contribution in [0.3, 0.4) is 0 Å². The highest BCUT2D eigenvalue weighted by atomic mass is 16.5. The quantitative estimate of drug-likeness (QED) is 0.589. The van der Waals surface area contributed by atoms with Gasteiger partial charge in [0, 0.05) is 0 Å². The molecule has 0 aliphatic carbocycles. The van der Waals surface area contributed by atoms with Crippen LogP contribution in [-0.4, -0.2) is 13.2 Å². The Morgan fingerprint density at radius 3 is 1.27 bits per heavy atom. The second-order valence-corrected chi connectivity index (χ2v) is 1.24. The molecule has 2 nitrogen and oxygen atoms in total. The molecule has 11 heavy (non-hydrogen) atoms. The number of hydrogen-bond acceptors (Lipinski definition) is 2. The summed E-state index contributed by atoms with van der Waals surface area (Å²) in [6.07, 6.45) is 2.86. The standard InChI is InChI=1S/2C4H8O.CH4/c2*1-3-5-4-2;/h2*3H,1,4H2,2H3;1H4. The van der Waals surface area contributed by atoms with Crippen molar-refractivity contribution in [2.75, 3.05) is 13.2 Å². The lowest BCUT2D eigenvalue weighted by molar-refractivity contribution is 0.270. The van der Waals surface area contributed by atoms with E-state index in [4.69, 9.17) is 0 Å². The van der Waals surface area contributed by atoms with Gasteiger partial charge in [0.25, 0.3) is 0 Å². The minimum Gasteiger partial charge on any atom is -0.502 e. The summed E-state index contributed by atoms with van der Waals surface area (Å²) in [5, 5.41) is 0. The highest BCUT2D eigenvalue weighted by Crippen LogP contribution is 1.65. The van der Waals surface area contributed by atoms with Gasteiger partial charge in [0.15, 0.2) is 0 Å². The van der Waals surface area contributed by atoms with Gasteiger partial charge in [-0.05, 0) is 13.8 Å². The molecule has 2 heteroatoms. The molecule has 0 saturated heterocycles. The van der Waals surface area contributed by atoms with Crippen molar-refractivity contribution in [2.45, 2.75) is 21.3 Å². The van der Waals surface area contributed by atoms with Gasteiger partial charge in [-0.25, -0.2) is 0 Å². The molecule has 0 aliphatic heterocycles. The molecule has 0 amide bonds. The summed E-state index contributed by atoms with van der Waals surface area (Å²) in [6.45, 7) is 11.9. The lowest BCUT2D eigenvalue weighted by Crippen LogP contribution is -1.72. The number of rotatable bonds is 4. The Morgan fingerprint density at radius 2 is 1.27 bits per heavy atom. The van der Waals surface area contributed by atoms with Gasteiger partial charge in [-0.1, -0.05) is 20.6 Å². The zero-order chi connectivity index (χ0) is 8.24. The predicted octanol–water partition coefficient (Wildman–Crippen LogP) is 2.97. The molecule has 0 radical (unpaired) electrons. The molecule has 0 bridgehead atoms. The van der Waals surface area contributed by atoms with Gasteiger partial charge in [0.1, 0.15) is 0 Å². The molecule has 0 heterocycles. The molecular formula is C9H20O2. The zero-order valence-corrected chi connectivity index (χ0v) is 6.80. The first-order valence-corrected chi connectivity index (χ1v) is 3.28. The lowest BCUT2D eigenvalue weighted by Gasteiger charge is -1.84. The number of ether oxygens (including phenoxy) is 2. The van der Waals surface area contributed by atoms with E-state index in [0.29, 0.717) is 0 Å². The van der Waals surface area contributed by atoms with Crippen molar-refractivity contribution < 1.29 is 9.47 Å². The monoisotopic (exact) mass is 160 g/mol. The molecule has 0 saturated carbocycles. The summed E-state index contributed by atoms with van der Waals surface area (Å²) in [5.41, 5.74) is 0. The van der Waals surface area contributed by atoms with Gasteiger partial charge < -0.3 is 9.47 Å². The van der Waals surface area contributed by atoms with E-state index < -0.39 is 0 Å². The fraction of sp³-hybridized carbons (Fsp3) is 0.556. The highest BCUT2D eigenvalue weighted by molar-refractivity contribution is 4.45. The van der Waals surface area contributed by atoms with E-state index in [0.717, 1.165) is 13.2 Å². The van der Waals surface area contributed by atoms with E-state index in [9.17, 15) is 0 Å². The Balaban J connectivity index is -0.000000107. The van der Waals surface area contributed by atoms with E-state index in [-0.39, 0.29) is 7.43 Å². The molecule has 0 aliphatic rings. The Labute approximate surface area is 70.5 Å².